The summed E-state index contributed by atoms with van der Waals surface area (Å²) in [6.45, 7) is 0.708. The second kappa shape index (κ2) is 6.40. The lowest BCUT2D eigenvalue weighted by molar-refractivity contribution is 0.102. The Balaban J connectivity index is 1.55. The molecular formula is C21H18N2O2. The minimum atomic E-state index is 0.0389. The smallest absolute Gasteiger partial charge is 0.189 e. The Morgan fingerprint density at radius 3 is 2.80 bits per heavy atom. The number of rotatable bonds is 3. The maximum Gasteiger partial charge on any atom is 0.189 e. The van der Waals surface area contributed by atoms with E-state index in [1.165, 1.54) is 5.56 Å². The molecule has 1 aromatic heterocycles. The Morgan fingerprint density at radius 2 is 1.96 bits per heavy atom. The monoisotopic (exact) mass is 330 g/mol. The van der Waals surface area contributed by atoms with E-state index in [1.54, 1.807) is 24.4 Å². The maximum absolute atomic E-state index is 12.7. The van der Waals surface area contributed by atoms with E-state index >= 15 is 0 Å². The van der Waals surface area contributed by atoms with Gasteiger partial charge in [-0.2, -0.15) is 5.10 Å². The van der Waals surface area contributed by atoms with Crippen LogP contribution in [0.4, 0.5) is 0 Å². The van der Waals surface area contributed by atoms with Crippen LogP contribution in [0.15, 0.2) is 66.5 Å². The van der Waals surface area contributed by atoms with Crippen molar-refractivity contribution in [3.05, 3.63) is 88.8 Å². The van der Waals surface area contributed by atoms with Gasteiger partial charge < -0.3 is 5.11 Å². The van der Waals surface area contributed by atoms with Crippen LogP contribution >= 0.6 is 0 Å². The lowest BCUT2D eigenvalue weighted by Crippen LogP contribution is -2.13. The largest absolute Gasteiger partial charge is 0.508 e. The quantitative estimate of drug-likeness (QED) is 0.742. The Kier molecular flexibility index (Phi) is 3.94. The molecule has 1 aliphatic carbocycles. The molecule has 124 valence electrons. The maximum atomic E-state index is 12.7. The summed E-state index contributed by atoms with van der Waals surface area (Å²) < 4.78 is 1.88. The molecule has 1 heterocycles. The molecule has 0 atom stereocenters. The topological polar surface area (TPSA) is 55.1 Å². The predicted molar refractivity (Wildman–Crippen MR) is 96.5 cm³/mol. The summed E-state index contributed by atoms with van der Waals surface area (Å²) in [6.07, 6.45) is 7.11. The van der Waals surface area contributed by atoms with Gasteiger partial charge >= 0.3 is 0 Å². The van der Waals surface area contributed by atoms with Crippen molar-refractivity contribution in [2.24, 2.45) is 0 Å². The molecule has 1 N–H and O–H groups in total. The number of nitrogens with zero attached hydrogens (tertiary/aromatic N) is 2. The van der Waals surface area contributed by atoms with Gasteiger partial charge in [0.05, 0.1) is 12.7 Å². The highest BCUT2D eigenvalue weighted by Crippen LogP contribution is 2.29. The van der Waals surface area contributed by atoms with Gasteiger partial charge in [0.1, 0.15) is 5.75 Å². The number of fused-ring (bicyclic) bond motifs is 1. The fourth-order valence-corrected chi connectivity index (χ4v) is 3.21. The third-order valence-electron chi connectivity index (χ3n) is 4.47. The molecule has 0 fully saturated rings. The molecule has 25 heavy (non-hydrogen) atoms. The first-order chi connectivity index (χ1) is 12.2. The zero-order chi connectivity index (χ0) is 17.2. The molecule has 4 rings (SSSR count). The van der Waals surface area contributed by atoms with Crippen molar-refractivity contribution in [1.29, 1.82) is 0 Å². The number of aromatic hydroxyl groups is 1. The molecule has 4 heteroatoms. The number of carbonyl (C=O) groups is 1. The third-order valence-corrected chi connectivity index (χ3v) is 4.47. The Morgan fingerprint density at radius 1 is 1.12 bits per heavy atom. The summed E-state index contributed by atoms with van der Waals surface area (Å²) in [5.74, 6) is 0.248. The number of ketones is 1. The second-order valence-electron chi connectivity index (χ2n) is 6.30. The van der Waals surface area contributed by atoms with Gasteiger partial charge in [-0.05, 0) is 48.2 Å². The zero-order valence-corrected chi connectivity index (χ0v) is 13.7. The van der Waals surface area contributed by atoms with Crippen molar-refractivity contribution in [3.63, 3.8) is 0 Å². The molecular weight excluding hydrogens is 312 g/mol. The predicted octanol–water partition coefficient (Wildman–Crippen LogP) is 3.85. The van der Waals surface area contributed by atoms with Crippen molar-refractivity contribution in [2.45, 2.75) is 19.4 Å². The van der Waals surface area contributed by atoms with Gasteiger partial charge in [-0.25, -0.2) is 0 Å². The summed E-state index contributed by atoms with van der Waals surface area (Å²) in [4.78, 5) is 12.7. The van der Waals surface area contributed by atoms with Crippen LogP contribution < -0.4 is 0 Å². The standard InChI is InChI=1S/C21H18N2O2/c24-19-8-9-20-17(11-19)6-7-18(21(20)25)10-16-12-22-23(14-16)13-15-4-2-1-3-5-15/h1-5,8-12,14,24H,6-7,13H2/b18-10+. The number of aryl methyl sites for hydroxylation is 1. The van der Waals surface area contributed by atoms with Crippen molar-refractivity contribution in [3.8, 4) is 5.75 Å². The molecule has 0 aliphatic heterocycles. The molecule has 2 aromatic carbocycles. The zero-order valence-electron chi connectivity index (χ0n) is 13.7. The molecule has 0 radical (unpaired) electrons. The minimum Gasteiger partial charge on any atom is -0.508 e. The van der Waals surface area contributed by atoms with E-state index in [2.05, 4.69) is 17.2 Å². The molecule has 4 nitrogen and oxygen atoms in total. The molecule has 0 saturated heterocycles. The van der Waals surface area contributed by atoms with E-state index in [0.717, 1.165) is 23.1 Å². The number of phenols is 1. The number of allylic oxidation sites excluding steroid dienone is 1. The first-order valence-electron chi connectivity index (χ1n) is 8.32. The number of hydrogen-bond acceptors (Lipinski definition) is 3. The van der Waals surface area contributed by atoms with Gasteiger partial charge in [0.15, 0.2) is 5.78 Å². The van der Waals surface area contributed by atoms with Crippen molar-refractivity contribution in [1.82, 2.24) is 9.78 Å². The summed E-state index contributed by atoms with van der Waals surface area (Å²) in [5, 5.41) is 13.9. The van der Waals surface area contributed by atoms with E-state index in [-0.39, 0.29) is 11.5 Å². The van der Waals surface area contributed by atoms with Gasteiger partial charge in [0.25, 0.3) is 0 Å². The molecule has 0 saturated carbocycles. The first kappa shape index (κ1) is 15.4. The van der Waals surface area contributed by atoms with Crippen molar-refractivity contribution in [2.75, 3.05) is 0 Å². The van der Waals surface area contributed by atoms with Gasteiger partial charge in [0, 0.05) is 22.9 Å². The molecule has 0 spiro atoms. The van der Waals surface area contributed by atoms with Crippen molar-refractivity contribution >= 4 is 11.9 Å². The number of aromatic nitrogens is 2. The minimum absolute atomic E-state index is 0.0389. The third kappa shape index (κ3) is 3.24. The second-order valence-corrected chi connectivity index (χ2v) is 6.30. The molecule has 0 unspecified atom stereocenters. The van der Waals surface area contributed by atoms with Crippen LogP contribution in [-0.2, 0) is 13.0 Å². The summed E-state index contributed by atoms with van der Waals surface area (Å²) in [5.41, 5.74) is 4.51. The molecule has 1 aliphatic rings. The Bertz CT molecular complexity index is 955. The number of hydrogen-bond donors (Lipinski definition) is 1. The summed E-state index contributed by atoms with van der Waals surface area (Å²) >= 11 is 0. The number of Topliss-reactive ketones (excluding diaryl/α,β-unsaturated/α-hetero) is 1. The van der Waals surface area contributed by atoms with Crippen LogP contribution in [0, 0.1) is 0 Å². The van der Waals surface area contributed by atoms with Crippen LogP contribution in [0.25, 0.3) is 6.08 Å². The summed E-state index contributed by atoms with van der Waals surface area (Å²) in [6, 6.07) is 15.1. The molecule has 0 bridgehead atoms. The van der Waals surface area contributed by atoms with Crippen LogP contribution in [0.2, 0.25) is 0 Å². The average molecular weight is 330 g/mol. The normalized spacial score (nSPS) is 15.4. The van der Waals surface area contributed by atoms with E-state index in [9.17, 15) is 9.90 Å². The summed E-state index contributed by atoms with van der Waals surface area (Å²) in [7, 11) is 0. The lowest BCUT2D eigenvalue weighted by Gasteiger charge is -2.17. The Hall–Kier alpha value is -3.14. The van der Waals surface area contributed by atoms with Gasteiger partial charge in [-0.15, -0.1) is 0 Å². The number of phenolic OH excluding ortho intramolecular Hbond substituents is 1. The number of benzene rings is 2. The van der Waals surface area contributed by atoms with Crippen molar-refractivity contribution < 1.29 is 9.90 Å². The highest BCUT2D eigenvalue weighted by Gasteiger charge is 2.22. The average Bonchev–Trinajstić information content (AvgIpc) is 3.05. The molecule has 0 amide bonds. The highest BCUT2D eigenvalue weighted by molar-refractivity contribution is 6.13. The number of carbonyl (C=O) groups excluding carboxylic acids is 1. The van der Waals surface area contributed by atoms with E-state index in [1.807, 2.05) is 35.2 Å². The van der Waals surface area contributed by atoms with Crippen LogP contribution in [-0.4, -0.2) is 20.7 Å². The van der Waals surface area contributed by atoms with E-state index in [4.69, 9.17) is 0 Å². The van der Waals surface area contributed by atoms with E-state index in [0.29, 0.717) is 18.5 Å². The van der Waals surface area contributed by atoms with Gasteiger partial charge in [0.2, 0.25) is 0 Å². The fraction of sp³-hybridized carbons (Fsp3) is 0.143. The Labute approximate surface area is 146 Å². The van der Waals surface area contributed by atoms with E-state index < -0.39 is 0 Å². The first-order valence-corrected chi connectivity index (χ1v) is 8.32. The lowest BCUT2D eigenvalue weighted by atomic mass is 9.86. The highest BCUT2D eigenvalue weighted by atomic mass is 16.3. The van der Waals surface area contributed by atoms with Crippen LogP contribution in [0.3, 0.4) is 0 Å². The molecule has 3 aromatic rings. The van der Waals surface area contributed by atoms with Gasteiger partial charge in [-0.1, -0.05) is 30.3 Å². The van der Waals surface area contributed by atoms with Gasteiger partial charge in [-0.3, -0.25) is 9.48 Å². The van der Waals surface area contributed by atoms with Crippen LogP contribution in [0.5, 0.6) is 5.75 Å². The SMILES string of the molecule is O=C1/C(=C/c2cnn(Cc3ccccc3)c2)CCc2cc(O)ccc21. The fourth-order valence-electron chi connectivity index (χ4n) is 3.21. The van der Waals surface area contributed by atoms with Crippen LogP contribution in [0.1, 0.15) is 33.5 Å².